The summed E-state index contributed by atoms with van der Waals surface area (Å²) in [7, 11) is 0. The second-order valence-electron chi connectivity index (χ2n) is 20.0. The molecule has 0 N–H and O–H groups in total. The van der Waals surface area contributed by atoms with Gasteiger partial charge in [0.25, 0.3) is 0 Å². The van der Waals surface area contributed by atoms with Gasteiger partial charge in [-0.2, -0.15) is 0 Å². The van der Waals surface area contributed by atoms with Crippen LogP contribution >= 0.6 is 0 Å². The van der Waals surface area contributed by atoms with E-state index in [1.807, 2.05) is 6.07 Å². The SMILES string of the molecule is CC(C)c1cc(-c2ccccc2)cc(C(C)C)c1-n1c(-c2[c-]ccc3c2oc2ccc4ccccc4c23)nc2ccccc21.[2H]C([2H])([2H])c1c[c-]c(-c2nc3ccccc3n2-c2c(C([2H])(C([2H])([2H])[2H])C([2H])([2H])[2H])cccc2C([2H])(C([2H])([2H])[2H])C([2H])([2H])[2H])cc1-c1ccccc1.[Ir]. The van der Waals surface area contributed by atoms with Crippen LogP contribution in [0.3, 0.4) is 0 Å². The van der Waals surface area contributed by atoms with E-state index in [0.29, 0.717) is 5.56 Å². The first-order valence-corrected chi connectivity index (χ1v) is 26.0. The standard InChI is InChI=1S/C41H33N2O.C32H31N2.Ir/c1-25(2)33-23-29(27-13-6-5-7-14-27)24-34(26(3)4)39(33)43-36-20-11-10-19-35(36)42-41(43)32-18-12-17-31-38-30-16-9-8-15-28(30)21-22-37(38)44-40(31)32;1-21(2)26-14-11-15-27(22(3)4)31(26)34-30-17-10-9-16-29(30)33-32(34)25-19-18-23(5)28(20-25)24-12-7-6-8-13-24;/h5-17,19-26H,1-4H3;6-18,20-22H,1-5H3;/q2*-1;/i;1D3,2D3,3D3,4D3,5D3,21D,22D;. The third-order valence-electron chi connectivity index (χ3n) is 14.5. The minimum atomic E-state index is -3.61. The molecule has 13 rings (SSSR count). The molecule has 0 saturated heterocycles. The molecule has 0 aliphatic carbocycles. The summed E-state index contributed by atoms with van der Waals surface area (Å²) in [6.45, 7) is -7.90. The van der Waals surface area contributed by atoms with Crippen molar-refractivity contribution >= 4 is 54.8 Å². The fourth-order valence-corrected chi connectivity index (χ4v) is 10.8. The van der Waals surface area contributed by atoms with Crippen LogP contribution < -0.4 is 0 Å². The Morgan fingerprint density at radius 3 is 1.72 bits per heavy atom. The van der Waals surface area contributed by atoms with Crippen molar-refractivity contribution in [3.63, 3.8) is 0 Å². The maximum atomic E-state index is 9.18. The minimum Gasteiger partial charge on any atom is -0.501 e. The second-order valence-corrected chi connectivity index (χ2v) is 20.0. The number of fused-ring (bicyclic) bond motifs is 7. The number of hydrogen-bond donors (Lipinski definition) is 0. The topological polar surface area (TPSA) is 48.8 Å². The maximum absolute atomic E-state index is 9.18. The third-order valence-corrected chi connectivity index (χ3v) is 14.5. The van der Waals surface area contributed by atoms with Crippen LogP contribution in [0.2, 0.25) is 0 Å². The van der Waals surface area contributed by atoms with Gasteiger partial charge in [0, 0.05) is 60.2 Å². The summed E-state index contributed by atoms with van der Waals surface area (Å²) in [5, 5.41) is 4.60. The predicted octanol–water partition coefficient (Wildman–Crippen LogP) is 20.2. The van der Waals surface area contributed by atoms with Crippen molar-refractivity contribution in [2.75, 3.05) is 0 Å². The monoisotopic (exact) mass is 1220 g/mol. The van der Waals surface area contributed by atoms with E-state index < -0.39 is 62.9 Å². The zero-order valence-electron chi connectivity index (χ0n) is 60.7. The van der Waals surface area contributed by atoms with Crippen LogP contribution in [0.5, 0.6) is 0 Å². The molecule has 10 aromatic carbocycles. The molecule has 393 valence electrons. The van der Waals surface area contributed by atoms with E-state index in [4.69, 9.17) is 30.0 Å². The smallest absolute Gasteiger partial charge is 0.121 e. The summed E-state index contributed by atoms with van der Waals surface area (Å²) < 4.78 is 153. The summed E-state index contributed by atoms with van der Waals surface area (Å²) in [5.41, 5.74) is 9.57. The van der Waals surface area contributed by atoms with Crippen molar-refractivity contribution in [2.24, 2.45) is 0 Å². The summed E-state index contributed by atoms with van der Waals surface area (Å²) >= 11 is 0. The Hall–Kier alpha value is -8.15. The van der Waals surface area contributed by atoms with E-state index in [0.717, 1.165) is 67.1 Å². The molecule has 0 aliphatic rings. The van der Waals surface area contributed by atoms with E-state index in [9.17, 15) is 2.74 Å². The van der Waals surface area contributed by atoms with Crippen LogP contribution in [0.1, 0.15) is 130 Å². The Balaban J connectivity index is 0.000000195. The minimum absolute atomic E-state index is 0. The Labute approximate surface area is 501 Å². The van der Waals surface area contributed by atoms with Gasteiger partial charge in [0.15, 0.2) is 0 Å². The van der Waals surface area contributed by atoms with Crippen LogP contribution in [0.25, 0.3) is 111 Å². The summed E-state index contributed by atoms with van der Waals surface area (Å²) in [6, 6.07) is 67.5. The van der Waals surface area contributed by atoms with Gasteiger partial charge in [-0.25, -0.2) is 0 Å². The number of rotatable bonds is 10. The molecule has 1 radical (unpaired) electrons. The van der Waals surface area contributed by atoms with E-state index >= 15 is 0 Å². The molecular weight excluding hydrogens is 1140 g/mol. The first-order chi connectivity index (χ1) is 44.8. The Kier molecular flexibility index (Phi) is 10.0. The molecule has 13 aromatic rings. The zero-order valence-corrected chi connectivity index (χ0v) is 46.1. The van der Waals surface area contributed by atoms with Crippen LogP contribution in [0.4, 0.5) is 0 Å². The molecule has 0 aliphatic heterocycles. The number of imidazole rings is 2. The van der Waals surface area contributed by atoms with Gasteiger partial charge in [-0.15, -0.1) is 47.5 Å². The number of aryl methyl sites for hydroxylation is 1. The normalized spacial score (nSPS) is 15.9. The molecule has 0 fully saturated rings. The third kappa shape index (κ3) is 9.62. The molecule has 6 heteroatoms. The van der Waals surface area contributed by atoms with Crippen LogP contribution in [-0.2, 0) is 20.1 Å². The largest absolute Gasteiger partial charge is 0.501 e. The summed E-state index contributed by atoms with van der Waals surface area (Å²) in [6.07, 6.45) is 0. The molecule has 0 spiro atoms. The first-order valence-electron chi connectivity index (χ1n) is 34.5. The quantitative estimate of drug-likeness (QED) is 0.128. The van der Waals surface area contributed by atoms with E-state index in [1.165, 1.54) is 63.0 Å². The maximum Gasteiger partial charge on any atom is 0.121 e. The average Bonchev–Trinajstić information content (AvgIpc) is 1.14. The molecule has 0 unspecified atom stereocenters. The number of benzene rings is 10. The molecular formula is C73H64IrN4O-2. The van der Waals surface area contributed by atoms with Gasteiger partial charge in [-0.05, 0) is 116 Å². The fourth-order valence-electron chi connectivity index (χ4n) is 10.8. The molecule has 0 atom stereocenters. The Morgan fingerprint density at radius 1 is 0.519 bits per heavy atom. The number of hydrogen-bond acceptors (Lipinski definition) is 3. The van der Waals surface area contributed by atoms with Gasteiger partial charge >= 0.3 is 0 Å². The van der Waals surface area contributed by atoms with Crippen LogP contribution in [-0.4, -0.2) is 19.1 Å². The molecule has 0 saturated carbocycles. The molecule has 79 heavy (non-hydrogen) atoms. The van der Waals surface area contributed by atoms with Crippen LogP contribution in [0.15, 0.2) is 205 Å². The molecule has 3 aromatic heterocycles. The van der Waals surface area contributed by atoms with Crippen molar-refractivity contribution in [1.82, 2.24) is 19.1 Å². The number of para-hydroxylation sites is 5. The number of aromatic nitrogens is 4. The molecule has 5 nitrogen and oxygen atoms in total. The van der Waals surface area contributed by atoms with Gasteiger partial charge in [0.05, 0.1) is 39.3 Å². The molecule has 3 heterocycles. The Morgan fingerprint density at radius 2 is 1.09 bits per heavy atom. The fraction of sp³-hybridized carbons (Fsp3) is 0.178. The van der Waals surface area contributed by atoms with Crippen molar-refractivity contribution < 1.29 is 47.8 Å². The van der Waals surface area contributed by atoms with E-state index in [1.54, 1.807) is 42.5 Å². The van der Waals surface area contributed by atoms with Gasteiger partial charge < -0.3 is 13.6 Å². The number of nitrogens with zero attached hydrogens (tertiary/aromatic N) is 4. The van der Waals surface area contributed by atoms with Crippen molar-refractivity contribution in [2.45, 2.75) is 85.6 Å². The van der Waals surface area contributed by atoms with Crippen LogP contribution in [0, 0.1) is 19.0 Å². The zero-order chi connectivity index (χ0) is 68.1. The van der Waals surface area contributed by atoms with Gasteiger partial charge in [0.1, 0.15) is 5.58 Å². The molecule has 0 bridgehead atoms. The predicted molar refractivity (Wildman–Crippen MR) is 327 cm³/mol. The first kappa shape index (κ1) is 36.1. The van der Waals surface area contributed by atoms with Crippen molar-refractivity contribution in [3.05, 3.63) is 240 Å². The Bertz CT molecular complexity index is 4950. The van der Waals surface area contributed by atoms with Gasteiger partial charge in [-0.1, -0.05) is 212 Å². The summed E-state index contributed by atoms with van der Waals surface area (Å²) in [4.78, 5) is 9.98. The van der Waals surface area contributed by atoms with Gasteiger partial charge in [0.2, 0.25) is 0 Å². The number of furan rings is 1. The summed E-state index contributed by atoms with van der Waals surface area (Å²) in [5.74, 6) is -5.73. The molecule has 0 amide bonds. The second kappa shape index (κ2) is 21.9. The van der Waals surface area contributed by atoms with E-state index in [-0.39, 0.29) is 65.5 Å². The average molecular weight is 1220 g/mol. The van der Waals surface area contributed by atoms with Gasteiger partial charge in [-0.3, -0.25) is 9.97 Å². The van der Waals surface area contributed by atoms with Crippen molar-refractivity contribution in [1.29, 1.82) is 0 Å². The van der Waals surface area contributed by atoms with E-state index in [2.05, 4.69) is 159 Å². The van der Waals surface area contributed by atoms with Crippen molar-refractivity contribution in [3.8, 4) is 56.4 Å².